The third kappa shape index (κ3) is 4.63. The molecule has 0 aliphatic carbocycles. The second-order valence-electron chi connectivity index (χ2n) is 4.18. The maximum atomic E-state index is 13.7. The van der Waals surface area contributed by atoms with Crippen molar-refractivity contribution in [3.05, 3.63) is 34.1 Å². The highest BCUT2D eigenvalue weighted by molar-refractivity contribution is 9.10. The van der Waals surface area contributed by atoms with Crippen molar-refractivity contribution in [1.29, 1.82) is 0 Å². The number of nitrogens with one attached hydrogen (secondary N) is 1. The van der Waals surface area contributed by atoms with E-state index in [0.717, 1.165) is 0 Å². The molecular weight excluding hydrogens is 317 g/mol. The molecule has 6 heteroatoms. The average molecular weight is 332 g/mol. The van der Waals surface area contributed by atoms with Crippen LogP contribution in [0.4, 0.5) is 4.39 Å². The summed E-state index contributed by atoms with van der Waals surface area (Å²) in [6.07, 6.45) is 0.616. The first-order valence-corrected chi connectivity index (χ1v) is 6.69. The number of aliphatic carboxylic acids is 1. The summed E-state index contributed by atoms with van der Waals surface area (Å²) >= 11 is 3.01. The van der Waals surface area contributed by atoms with Gasteiger partial charge in [0.1, 0.15) is 5.82 Å². The van der Waals surface area contributed by atoms with E-state index >= 15 is 0 Å². The number of carboxylic acid groups (broad SMARTS) is 1. The Morgan fingerprint density at radius 1 is 1.47 bits per heavy atom. The monoisotopic (exact) mass is 331 g/mol. The fourth-order valence-corrected chi connectivity index (χ4v) is 1.99. The zero-order valence-electron chi connectivity index (χ0n) is 10.5. The van der Waals surface area contributed by atoms with Crippen LogP contribution in [0.3, 0.4) is 0 Å². The SMILES string of the molecule is CCC(CNC(=O)c1cccc(Br)c1F)CC(=O)O. The van der Waals surface area contributed by atoms with Gasteiger partial charge in [-0.05, 0) is 34.0 Å². The van der Waals surface area contributed by atoms with Gasteiger partial charge in [-0.15, -0.1) is 0 Å². The third-order valence-corrected chi connectivity index (χ3v) is 3.40. The highest BCUT2D eigenvalue weighted by Gasteiger charge is 2.16. The van der Waals surface area contributed by atoms with Crippen LogP contribution in [0.2, 0.25) is 0 Å². The Balaban J connectivity index is 2.64. The van der Waals surface area contributed by atoms with Gasteiger partial charge in [0.15, 0.2) is 0 Å². The number of halogens is 2. The minimum absolute atomic E-state index is 0.0161. The maximum Gasteiger partial charge on any atom is 0.303 e. The predicted octanol–water partition coefficient (Wildman–Crippen LogP) is 2.82. The van der Waals surface area contributed by atoms with Crippen molar-refractivity contribution < 1.29 is 19.1 Å². The van der Waals surface area contributed by atoms with E-state index in [4.69, 9.17) is 5.11 Å². The molecule has 1 amide bonds. The van der Waals surface area contributed by atoms with Crippen LogP contribution >= 0.6 is 15.9 Å². The largest absolute Gasteiger partial charge is 0.481 e. The van der Waals surface area contributed by atoms with Crippen molar-refractivity contribution in [2.75, 3.05) is 6.54 Å². The van der Waals surface area contributed by atoms with Crippen LogP contribution in [0.15, 0.2) is 22.7 Å². The predicted molar refractivity (Wildman–Crippen MR) is 72.5 cm³/mol. The third-order valence-electron chi connectivity index (χ3n) is 2.79. The van der Waals surface area contributed by atoms with Crippen LogP contribution in [0, 0.1) is 11.7 Å². The Morgan fingerprint density at radius 3 is 2.74 bits per heavy atom. The molecule has 0 bridgehead atoms. The first kappa shape index (κ1) is 15.6. The molecule has 104 valence electrons. The lowest BCUT2D eigenvalue weighted by Crippen LogP contribution is -2.30. The van der Waals surface area contributed by atoms with E-state index in [1.807, 2.05) is 6.92 Å². The van der Waals surface area contributed by atoms with Gasteiger partial charge < -0.3 is 10.4 Å². The van der Waals surface area contributed by atoms with Gasteiger partial charge in [-0.2, -0.15) is 0 Å². The summed E-state index contributed by atoms with van der Waals surface area (Å²) in [6.45, 7) is 2.06. The summed E-state index contributed by atoms with van der Waals surface area (Å²) in [5.41, 5.74) is -0.0560. The Morgan fingerprint density at radius 2 is 2.16 bits per heavy atom. The summed E-state index contributed by atoms with van der Waals surface area (Å²) in [6, 6.07) is 4.45. The number of hydrogen-bond donors (Lipinski definition) is 2. The van der Waals surface area contributed by atoms with Gasteiger partial charge in [-0.3, -0.25) is 9.59 Å². The van der Waals surface area contributed by atoms with Gasteiger partial charge in [-0.1, -0.05) is 19.4 Å². The lowest BCUT2D eigenvalue weighted by atomic mass is 10.0. The standard InChI is InChI=1S/C13H15BrFNO3/c1-2-8(6-11(17)18)7-16-13(19)9-4-3-5-10(14)12(9)15/h3-5,8H,2,6-7H2,1H3,(H,16,19)(H,17,18). The summed E-state index contributed by atoms with van der Waals surface area (Å²) in [5, 5.41) is 11.3. The van der Waals surface area contributed by atoms with Gasteiger partial charge in [-0.25, -0.2) is 4.39 Å². The highest BCUT2D eigenvalue weighted by Crippen LogP contribution is 2.18. The molecule has 0 aliphatic rings. The Bertz CT molecular complexity index is 479. The molecule has 0 saturated heterocycles. The van der Waals surface area contributed by atoms with E-state index in [1.165, 1.54) is 12.1 Å². The molecule has 1 rings (SSSR count). The fraction of sp³-hybridized carbons (Fsp3) is 0.385. The van der Waals surface area contributed by atoms with Crippen LogP contribution in [-0.2, 0) is 4.79 Å². The van der Waals surface area contributed by atoms with Crippen molar-refractivity contribution in [3.63, 3.8) is 0 Å². The molecule has 0 aliphatic heterocycles. The Hall–Kier alpha value is -1.43. The average Bonchev–Trinajstić information content (AvgIpc) is 2.37. The fourth-order valence-electron chi connectivity index (χ4n) is 1.62. The van der Waals surface area contributed by atoms with Gasteiger partial charge >= 0.3 is 5.97 Å². The van der Waals surface area contributed by atoms with Gasteiger partial charge in [0.2, 0.25) is 0 Å². The highest BCUT2D eigenvalue weighted by atomic mass is 79.9. The number of carbonyl (C=O) groups is 2. The van der Waals surface area contributed by atoms with Crippen molar-refractivity contribution in [1.82, 2.24) is 5.32 Å². The first-order chi connectivity index (χ1) is 8.95. The summed E-state index contributed by atoms with van der Waals surface area (Å²) in [4.78, 5) is 22.4. The normalized spacial score (nSPS) is 11.9. The van der Waals surface area contributed by atoms with Crippen molar-refractivity contribution in [3.8, 4) is 0 Å². The number of carbonyl (C=O) groups excluding carboxylic acids is 1. The van der Waals surface area contributed by atoms with Gasteiger partial charge in [0.25, 0.3) is 5.91 Å². The molecule has 1 unspecified atom stereocenters. The van der Waals surface area contributed by atoms with Crippen LogP contribution in [0.1, 0.15) is 30.1 Å². The quantitative estimate of drug-likeness (QED) is 0.842. The van der Waals surface area contributed by atoms with E-state index < -0.39 is 17.7 Å². The van der Waals surface area contributed by atoms with Crippen molar-refractivity contribution in [2.24, 2.45) is 5.92 Å². The topological polar surface area (TPSA) is 66.4 Å². The molecule has 19 heavy (non-hydrogen) atoms. The lowest BCUT2D eigenvalue weighted by molar-refractivity contribution is -0.138. The molecule has 0 spiro atoms. The summed E-state index contributed by atoms with van der Waals surface area (Å²) in [7, 11) is 0. The molecule has 1 aromatic rings. The van der Waals surface area contributed by atoms with Crippen LogP contribution < -0.4 is 5.32 Å². The number of carboxylic acids is 1. The lowest BCUT2D eigenvalue weighted by Gasteiger charge is -2.13. The Labute approximate surface area is 119 Å². The van der Waals surface area contributed by atoms with Crippen molar-refractivity contribution in [2.45, 2.75) is 19.8 Å². The molecule has 0 fully saturated rings. The molecular formula is C13H15BrFNO3. The molecule has 4 nitrogen and oxygen atoms in total. The summed E-state index contributed by atoms with van der Waals surface area (Å²) < 4.78 is 13.9. The second kappa shape index (κ2) is 7.23. The van der Waals surface area contributed by atoms with Crippen LogP contribution in [0.5, 0.6) is 0 Å². The maximum absolute atomic E-state index is 13.7. The number of hydrogen-bond acceptors (Lipinski definition) is 2. The summed E-state index contributed by atoms with van der Waals surface area (Å²) in [5.74, 6) is -2.22. The van der Waals surface area contributed by atoms with Gasteiger partial charge in [0, 0.05) is 13.0 Å². The smallest absolute Gasteiger partial charge is 0.303 e. The zero-order valence-corrected chi connectivity index (χ0v) is 12.0. The molecule has 2 N–H and O–H groups in total. The molecule has 1 aromatic carbocycles. The van der Waals surface area contributed by atoms with E-state index in [2.05, 4.69) is 21.2 Å². The van der Waals surface area contributed by atoms with E-state index in [-0.39, 0.29) is 28.9 Å². The van der Waals surface area contributed by atoms with Crippen LogP contribution in [-0.4, -0.2) is 23.5 Å². The molecule has 0 radical (unpaired) electrons. The minimum atomic E-state index is -0.908. The first-order valence-electron chi connectivity index (χ1n) is 5.89. The van der Waals surface area contributed by atoms with Crippen molar-refractivity contribution >= 4 is 27.8 Å². The molecule has 0 aromatic heterocycles. The number of rotatable bonds is 6. The molecule has 0 heterocycles. The number of benzene rings is 1. The van der Waals surface area contributed by atoms with E-state index in [0.29, 0.717) is 6.42 Å². The molecule has 0 saturated carbocycles. The molecule has 1 atom stereocenters. The van der Waals surface area contributed by atoms with E-state index in [1.54, 1.807) is 6.07 Å². The van der Waals surface area contributed by atoms with Gasteiger partial charge in [0.05, 0.1) is 10.0 Å². The Kier molecular flexibility index (Phi) is 5.95. The zero-order chi connectivity index (χ0) is 14.4. The number of amides is 1. The van der Waals surface area contributed by atoms with E-state index in [9.17, 15) is 14.0 Å². The van der Waals surface area contributed by atoms with Crippen LogP contribution in [0.25, 0.3) is 0 Å². The minimum Gasteiger partial charge on any atom is -0.481 e. The second-order valence-corrected chi connectivity index (χ2v) is 5.04.